The minimum atomic E-state index is -4.47. The first-order valence-electron chi connectivity index (χ1n) is 9.61. The van der Waals surface area contributed by atoms with Gasteiger partial charge in [0.05, 0.1) is 30.4 Å². The molecule has 0 unspecified atom stereocenters. The van der Waals surface area contributed by atoms with Crippen molar-refractivity contribution in [1.29, 1.82) is 0 Å². The summed E-state index contributed by atoms with van der Waals surface area (Å²) in [6, 6.07) is 14.6. The largest absolute Gasteiger partial charge is 0.462 e. The molecule has 0 saturated carbocycles. The first-order valence-corrected chi connectivity index (χ1v) is 9.61. The molecule has 0 atom stereocenters. The number of esters is 1. The number of halogens is 3. The second-order valence-corrected chi connectivity index (χ2v) is 6.67. The summed E-state index contributed by atoms with van der Waals surface area (Å²) < 4.78 is 48.8. The minimum Gasteiger partial charge on any atom is -0.462 e. The number of amides is 1. The van der Waals surface area contributed by atoms with Crippen LogP contribution in [0.4, 0.5) is 13.2 Å². The third kappa shape index (κ3) is 6.07. The summed E-state index contributed by atoms with van der Waals surface area (Å²) in [5, 5.41) is 3.77. The highest BCUT2D eigenvalue weighted by Crippen LogP contribution is 2.29. The zero-order valence-electron chi connectivity index (χ0n) is 17.0. The van der Waals surface area contributed by atoms with Crippen molar-refractivity contribution in [3.05, 3.63) is 83.1 Å². The first kappa shape index (κ1) is 22.8. The summed E-state index contributed by atoms with van der Waals surface area (Å²) in [6.07, 6.45) is -3.45. The summed E-state index contributed by atoms with van der Waals surface area (Å²) in [7, 11) is 0. The number of furan rings is 1. The second kappa shape index (κ2) is 9.95. The number of carbonyl (C=O) groups is 2. The Morgan fingerprint density at radius 1 is 1.09 bits per heavy atom. The predicted octanol–water partition coefficient (Wildman–Crippen LogP) is 4.83. The maximum Gasteiger partial charge on any atom is 0.416 e. The maximum atomic E-state index is 12.8. The molecule has 3 rings (SSSR count). The smallest absolute Gasteiger partial charge is 0.416 e. The zero-order valence-corrected chi connectivity index (χ0v) is 17.0. The van der Waals surface area contributed by atoms with Crippen LogP contribution in [-0.2, 0) is 22.1 Å². The fraction of sp³-hybridized carbons (Fsp3) is 0.174. The molecule has 0 spiro atoms. The highest BCUT2D eigenvalue weighted by molar-refractivity contribution is 5.90. The Morgan fingerprint density at radius 2 is 1.84 bits per heavy atom. The molecule has 0 aliphatic rings. The van der Waals surface area contributed by atoms with Gasteiger partial charge in [-0.2, -0.15) is 18.3 Å². The molecule has 3 aromatic rings. The standard InChI is InChI=1S/C23H19F3N2O4/c1-2-31-22(30)17-8-6-16(7-9-17)20-11-10-19(32-20)14-27-28-21(29)13-15-4-3-5-18(12-15)23(24,25)26/h3-12,14H,2,13H2,1H3,(H,28,29)/b27-14-. The Hall–Kier alpha value is -3.88. The lowest BCUT2D eigenvalue weighted by Gasteiger charge is -2.08. The molecular weight excluding hydrogens is 425 g/mol. The van der Waals surface area contributed by atoms with Gasteiger partial charge in [0, 0.05) is 5.56 Å². The molecule has 1 heterocycles. The van der Waals surface area contributed by atoms with Gasteiger partial charge >= 0.3 is 12.1 Å². The van der Waals surface area contributed by atoms with Crippen LogP contribution >= 0.6 is 0 Å². The Morgan fingerprint density at radius 3 is 2.53 bits per heavy atom. The van der Waals surface area contributed by atoms with Crippen molar-refractivity contribution in [2.45, 2.75) is 19.5 Å². The fourth-order valence-corrected chi connectivity index (χ4v) is 2.81. The summed E-state index contributed by atoms with van der Waals surface area (Å²) in [5.74, 6) is -0.0971. The van der Waals surface area contributed by atoms with E-state index in [4.69, 9.17) is 9.15 Å². The average Bonchev–Trinajstić information content (AvgIpc) is 3.22. The SMILES string of the molecule is CCOC(=O)c1ccc(-c2ccc(/C=N\NC(=O)Cc3cccc(C(F)(F)F)c3)o2)cc1. The summed E-state index contributed by atoms with van der Waals surface area (Å²) in [6.45, 7) is 2.02. The Labute approximate surface area is 181 Å². The van der Waals surface area contributed by atoms with Gasteiger partial charge < -0.3 is 9.15 Å². The van der Waals surface area contributed by atoms with E-state index in [1.807, 2.05) is 0 Å². The van der Waals surface area contributed by atoms with Crippen molar-refractivity contribution in [1.82, 2.24) is 5.43 Å². The third-order valence-electron chi connectivity index (χ3n) is 4.31. The number of hydrogen-bond acceptors (Lipinski definition) is 5. The molecule has 0 radical (unpaired) electrons. The van der Waals surface area contributed by atoms with Crippen molar-refractivity contribution < 1.29 is 31.9 Å². The molecule has 1 N–H and O–H groups in total. The quantitative estimate of drug-likeness (QED) is 0.321. The van der Waals surface area contributed by atoms with E-state index in [-0.39, 0.29) is 18.6 Å². The van der Waals surface area contributed by atoms with Gasteiger partial charge in [0.1, 0.15) is 11.5 Å². The van der Waals surface area contributed by atoms with Crippen molar-refractivity contribution in [3.8, 4) is 11.3 Å². The van der Waals surface area contributed by atoms with Gasteiger partial charge in [0.2, 0.25) is 5.91 Å². The molecule has 0 saturated heterocycles. The van der Waals surface area contributed by atoms with Crippen molar-refractivity contribution in [3.63, 3.8) is 0 Å². The molecule has 0 fully saturated rings. The molecule has 1 aromatic heterocycles. The van der Waals surface area contributed by atoms with Gasteiger partial charge in [-0.25, -0.2) is 10.2 Å². The molecule has 0 bridgehead atoms. The maximum absolute atomic E-state index is 12.8. The van der Waals surface area contributed by atoms with E-state index in [1.165, 1.54) is 18.3 Å². The van der Waals surface area contributed by atoms with Crippen LogP contribution in [0.15, 0.2) is 70.2 Å². The number of hydrazone groups is 1. The monoisotopic (exact) mass is 444 g/mol. The molecule has 2 aromatic carbocycles. The van der Waals surface area contributed by atoms with E-state index in [9.17, 15) is 22.8 Å². The number of hydrogen-bond donors (Lipinski definition) is 1. The van der Waals surface area contributed by atoms with Gasteiger partial charge in [-0.05, 0) is 42.8 Å². The molecule has 6 nitrogen and oxygen atoms in total. The molecule has 1 amide bonds. The van der Waals surface area contributed by atoms with E-state index in [2.05, 4.69) is 10.5 Å². The summed E-state index contributed by atoms with van der Waals surface area (Å²) >= 11 is 0. The van der Waals surface area contributed by atoms with Crippen LogP contribution in [0.5, 0.6) is 0 Å². The lowest BCUT2D eigenvalue weighted by molar-refractivity contribution is -0.137. The van der Waals surface area contributed by atoms with E-state index in [0.717, 1.165) is 17.7 Å². The van der Waals surface area contributed by atoms with Gasteiger partial charge in [-0.15, -0.1) is 0 Å². The van der Waals surface area contributed by atoms with Crippen LogP contribution in [-0.4, -0.2) is 24.7 Å². The Bertz CT molecular complexity index is 1120. The number of alkyl halides is 3. The first-order chi connectivity index (χ1) is 15.3. The van der Waals surface area contributed by atoms with Crippen molar-refractivity contribution in [2.24, 2.45) is 5.10 Å². The molecule has 0 aliphatic carbocycles. The van der Waals surface area contributed by atoms with E-state index >= 15 is 0 Å². The molecule has 166 valence electrons. The number of nitrogens with zero attached hydrogens (tertiary/aromatic N) is 1. The van der Waals surface area contributed by atoms with Gasteiger partial charge in [-0.3, -0.25) is 4.79 Å². The predicted molar refractivity (Wildman–Crippen MR) is 111 cm³/mol. The van der Waals surface area contributed by atoms with Gasteiger partial charge in [0.25, 0.3) is 0 Å². The van der Waals surface area contributed by atoms with Crippen molar-refractivity contribution >= 4 is 18.1 Å². The Balaban J connectivity index is 1.57. The lowest BCUT2D eigenvalue weighted by Crippen LogP contribution is -2.20. The highest BCUT2D eigenvalue weighted by atomic mass is 19.4. The van der Waals surface area contributed by atoms with Gasteiger partial charge in [-0.1, -0.05) is 30.3 Å². The number of nitrogens with one attached hydrogen (secondary N) is 1. The van der Waals surface area contributed by atoms with Crippen LogP contribution < -0.4 is 5.43 Å². The van der Waals surface area contributed by atoms with E-state index in [0.29, 0.717) is 17.1 Å². The number of carbonyl (C=O) groups excluding carboxylic acids is 2. The molecular formula is C23H19F3N2O4. The number of rotatable bonds is 7. The van der Waals surface area contributed by atoms with Crippen LogP contribution in [0.2, 0.25) is 0 Å². The molecule has 32 heavy (non-hydrogen) atoms. The van der Waals surface area contributed by atoms with Gasteiger partial charge in [0.15, 0.2) is 0 Å². The fourth-order valence-electron chi connectivity index (χ4n) is 2.81. The van der Waals surface area contributed by atoms with Crippen LogP contribution in [0.25, 0.3) is 11.3 Å². The zero-order chi connectivity index (χ0) is 23.1. The molecule has 0 aliphatic heterocycles. The number of ether oxygens (including phenoxy) is 1. The van der Waals surface area contributed by atoms with Crippen LogP contribution in [0, 0.1) is 0 Å². The second-order valence-electron chi connectivity index (χ2n) is 6.67. The highest BCUT2D eigenvalue weighted by Gasteiger charge is 2.30. The minimum absolute atomic E-state index is 0.221. The van der Waals surface area contributed by atoms with Crippen LogP contribution in [0.3, 0.4) is 0 Å². The Kier molecular flexibility index (Phi) is 7.09. The van der Waals surface area contributed by atoms with E-state index in [1.54, 1.807) is 43.3 Å². The van der Waals surface area contributed by atoms with E-state index < -0.39 is 23.6 Å². The molecule has 9 heteroatoms. The van der Waals surface area contributed by atoms with Crippen LogP contribution in [0.1, 0.15) is 34.2 Å². The summed E-state index contributed by atoms with van der Waals surface area (Å²) in [4.78, 5) is 23.6. The van der Waals surface area contributed by atoms with Crippen molar-refractivity contribution in [2.75, 3.05) is 6.61 Å². The average molecular weight is 444 g/mol. The summed E-state index contributed by atoms with van der Waals surface area (Å²) in [5.41, 5.74) is 2.81. The number of benzene rings is 2. The lowest BCUT2D eigenvalue weighted by atomic mass is 10.1. The normalized spacial score (nSPS) is 11.5. The topological polar surface area (TPSA) is 80.9 Å². The third-order valence-corrected chi connectivity index (χ3v) is 4.31.